The number of hydrogen-bond acceptors (Lipinski definition) is 4. The fraction of sp³-hybridized carbons (Fsp3) is 0.625. The molecule has 0 unspecified atom stereocenters. The number of nitrogens with zero attached hydrogens (tertiary/aromatic N) is 3. The molecular weight excluding hydrogens is 154 g/mol. The molecule has 0 aliphatic heterocycles. The fourth-order valence-electron chi connectivity index (χ4n) is 0.878. The minimum absolute atomic E-state index is 0.199. The SMILES string of the molecule is CC(C)Cc1noc(CC#N)n1. The van der Waals surface area contributed by atoms with Crippen LogP contribution in [0.4, 0.5) is 0 Å². The quantitative estimate of drug-likeness (QED) is 0.677. The Morgan fingerprint density at radius 1 is 1.58 bits per heavy atom. The molecule has 0 bridgehead atoms. The van der Waals surface area contributed by atoms with E-state index in [2.05, 4.69) is 24.0 Å². The third-order valence-electron chi connectivity index (χ3n) is 1.33. The van der Waals surface area contributed by atoms with Gasteiger partial charge in [0.1, 0.15) is 6.42 Å². The molecule has 0 aliphatic carbocycles. The Balaban J connectivity index is 2.59. The molecule has 1 aromatic heterocycles. The van der Waals surface area contributed by atoms with Gasteiger partial charge >= 0.3 is 0 Å². The summed E-state index contributed by atoms with van der Waals surface area (Å²) in [5.74, 6) is 1.61. The summed E-state index contributed by atoms with van der Waals surface area (Å²) in [6.07, 6.45) is 1.00. The maximum atomic E-state index is 8.33. The highest BCUT2D eigenvalue weighted by molar-refractivity contribution is 4.93. The molecule has 0 fully saturated rings. The van der Waals surface area contributed by atoms with Gasteiger partial charge in [-0.05, 0) is 5.92 Å². The van der Waals surface area contributed by atoms with Crippen LogP contribution in [-0.2, 0) is 12.8 Å². The van der Waals surface area contributed by atoms with Gasteiger partial charge in [0.25, 0.3) is 0 Å². The first-order chi connectivity index (χ1) is 5.72. The summed E-state index contributed by atoms with van der Waals surface area (Å²) in [4.78, 5) is 4.04. The Morgan fingerprint density at radius 3 is 2.92 bits per heavy atom. The zero-order valence-electron chi connectivity index (χ0n) is 7.24. The van der Waals surface area contributed by atoms with Crippen LogP contribution in [0.3, 0.4) is 0 Å². The average Bonchev–Trinajstić information content (AvgIpc) is 2.36. The molecule has 0 spiro atoms. The van der Waals surface area contributed by atoms with Crippen molar-refractivity contribution in [1.29, 1.82) is 5.26 Å². The van der Waals surface area contributed by atoms with Crippen molar-refractivity contribution in [2.75, 3.05) is 0 Å². The molecule has 0 radical (unpaired) electrons. The van der Waals surface area contributed by atoms with E-state index in [4.69, 9.17) is 9.78 Å². The van der Waals surface area contributed by atoms with E-state index in [1.54, 1.807) is 0 Å². The topological polar surface area (TPSA) is 62.7 Å². The van der Waals surface area contributed by atoms with Crippen LogP contribution < -0.4 is 0 Å². The second-order valence-electron chi connectivity index (χ2n) is 3.04. The van der Waals surface area contributed by atoms with Crippen molar-refractivity contribution >= 4 is 0 Å². The fourth-order valence-corrected chi connectivity index (χ4v) is 0.878. The average molecular weight is 165 g/mol. The summed E-state index contributed by atoms with van der Waals surface area (Å²) in [6, 6.07) is 1.95. The van der Waals surface area contributed by atoms with E-state index in [9.17, 15) is 0 Å². The number of hydrogen-bond donors (Lipinski definition) is 0. The molecule has 1 rings (SSSR count). The Hall–Kier alpha value is -1.37. The molecule has 0 aliphatic rings. The van der Waals surface area contributed by atoms with E-state index in [0.29, 0.717) is 17.6 Å². The minimum atomic E-state index is 0.199. The number of nitriles is 1. The van der Waals surface area contributed by atoms with Crippen molar-refractivity contribution < 1.29 is 4.52 Å². The van der Waals surface area contributed by atoms with Gasteiger partial charge in [0.15, 0.2) is 5.82 Å². The molecule has 4 nitrogen and oxygen atoms in total. The second-order valence-corrected chi connectivity index (χ2v) is 3.04. The molecule has 12 heavy (non-hydrogen) atoms. The lowest BCUT2D eigenvalue weighted by Gasteiger charge is -1.95. The maximum absolute atomic E-state index is 8.33. The van der Waals surface area contributed by atoms with E-state index >= 15 is 0 Å². The first kappa shape index (κ1) is 8.72. The smallest absolute Gasteiger partial charge is 0.240 e. The zero-order chi connectivity index (χ0) is 8.97. The zero-order valence-corrected chi connectivity index (χ0v) is 7.24. The number of aromatic nitrogens is 2. The lowest BCUT2D eigenvalue weighted by atomic mass is 10.1. The van der Waals surface area contributed by atoms with Gasteiger partial charge < -0.3 is 4.52 Å². The van der Waals surface area contributed by atoms with Gasteiger partial charge in [-0.2, -0.15) is 10.2 Å². The van der Waals surface area contributed by atoms with Gasteiger partial charge in [0, 0.05) is 6.42 Å². The van der Waals surface area contributed by atoms with Gasteiger partial charge in [-0.25, -0.2) is 0 Å². The van der Waals surface area contributed by atoms with E-state index in [1.165, 1.54) is 0 Å². The summed E-state index contributed by atoms with van der Waals surface area (Å²) in [6.45, 7) is 4.17. The van der Waals surface area contributed by atoms with Gasteiger partial charge in [-0.3, -0.25) is 0 Å². The van der Waals surface area contributed by atoms with Gasteiger partial charge in [-0.15, -0.1) is 0 Å². The Morgan fingerprint density at radius 2 is 2.33 bits per heavy atom. The van der Waals surface area contributed by atoms with E-state index < -0.39 is 0 Å². The largest absolute Gasteiger partial charge is 0.338 e. The molecule has 0 aromatic carbocycles. The molecule has 1 aromatic rings. The summed E-state index contributed by atoms with van der Waals surface area (Å²) in [7, 11) is 0. The second kappa shape index (κ2) is 3.86. The Bertz CT molecular complexity index is 285. The molecular formula is C8H11N3O. The van der Waals surface area contributed by atoms with Crippen molar-refractivity contribution in [2.24, 2.45) is 5.92 Å². The van der Waals surface area contributed by atoms with E-state index in [0.717, 1.165) is 6.42 Å². The highest BCUT2D eigenvalue weighted by atomic mass is 16.5. The number of rotatable bonds is 3. The lowest BCUT2D eigenvalue weighted by molar-refractivity contribution is 0.378. The van der Waals surface area contributed by atoms with Crippen molar-refractivity contribution in [2.45, 2.75) is 26.7 Å². The standard InChI is InChI=1S/C8H11N3O/c1-6(2)5-7-10-8(3-4-9)12-11-7/h6H,3,5H2,1-2H3. The maximum Gasteiger partial charge on any atom is 0.240 e. The normalized spacial score (nSPS) is 10.2. The van der Waals surface area contributed by atoms with Crippen LogP contribution in [-0.4, -0.2) is 10.1 Å². The van der Waals surface area contributed by atoms with Crippen molar-refractivity contribution in [1.82, 2.24) is 10.1 Å². The summed E-state index contributed by atoms with van der Waals surface area (Å²) in [5, 5.41) is 12.1. The molecule has 64 valence electrons. The van der Waals surface area contributed by atoms with Crippen LogP contribution in [0.1, 0.15) is 25.6 Å². The highest BCUT2D eigenvalue weighted by Crippen LogP contribution is 2.04. The summed E-state index contributed by atoms with van der Waals surface area (Å²) < 4.78 is 4.82. The molecule has 4 heteroatoms. The molecule has 0 saturated heterocycles. The van der Waals surface area contributed by atoms with Gasteiger partial charge in [0.2, 0.25) is 5.89 Å². The predicted molar refractivity (Wildman–Crippen MR) is 42.2 cm³/mol. The molecule has 1 heterocycles. The molecule has 0 saturated carbocycles. The van der Waals surface area contributed by atoms with Crippen LogP contribution in [0.5, 0.6) is 0 Å². The van der Waals surface area contributed by atoms with Crippen molar-refractivity contribution in [3.8, 4) is 6.07 Å². The Kier molecular flexibility index (Phi) is 2.81. The van der Waals surface area contributed by atoms with Gasteiger partial charge in [0.05, 0.1) is 6.07 Å². The predicted octanol–water partition coefficient (Wildman–Crippen LogP) is 1.33. The van der Waals surface area contributed by atoms with Crippen molar-refractivity contribution in [3.05, 3.63) is 11.7 Å². The third kappa shape index (κ3) is 2.35. The molecule has 0 N–H and O–H groups in total. The summed E-state index contributed by atoms with van der Waals surface area (Å²) in [5.41, 5.74) is 0. The van der Waals surface area contributed by atoms with Crippen LogP contribution in [0.15, 0.2) is 4.52 Å². The minimum Gasteiger partial charge on any atom is -0.338 e. The van der Waals surface area contributed by atoms with Crippen molar-refractivity contribution in [3.63, 3.8) is 0 Å². The van der Waals surface area contributed by atoms with Crippen LogP contribution in [0.25, 0.3) is 0 Å². The molecule has 0 amide bonds. The third-order valence-corrected chi connectivity index (χ3v) is 1.33. The van der Waals surface area contributed by atoms with E-state index in [1.807, 2.05) is 6.07 Å². The molecule has 0 atom stereocenters. The Labute approximate surface area is 71.2 Å². The van der Waals surface area contributed by atoms with Crippen LogP contribution in [0, 0.1) is 17.2 Å². The monoisotopic (exact) mass is 165 g/mol. The highest BCUT2D eigenvalue weighted by Gasteiger charge is 2.06. The van der Waals surface area contributed by atoms with Crippen LogP contribution in [0.2, 0.25) is 0 Å². The summed E-state index contributed by atoms with van der Waals surface area (Å²) >= 11 is 0. The first-order valence-electron chi connectivity index (χ1n) is 3.90. The van der Waals surface area contributed by atoms with E-state index in [-0.39, 0.29) is 6.42 Å². The lowest BCUT2D eigenvalue weighted by Crippen LogP contribution is -1.96. The van der Waals surface area contributed by atoms with Gasteiger partial charge in [-0.1, -0.05) is 19.0 Å². The van der Waals surface area contributed by atoms with Crippen LogP contribution >= 0.6 is 0 Å². The first-order valence-corrected chi connectivity index (χ1v) is 3.90.